The first-order valence-corrected chi connectivity index (χ1v) is 10.9. The van der Waals surface area contributed by atoms with Crippen molar-refractivity contribution in [2.45, 2.75) is 19.1 Å². The number of hydrogen-bond acceptors (Lipinski definition) is 5. The first kappa shape index (κ1) is 21.4. The number of piperazine rings is 1. The largest absolute Gasteiger partial charge is 0.496 e. The maximum Gasteiger partial charge on any atom is 0.214 e. The van der Waals surface area contributed by atoms with E-state index < -0.39 is 0 Å². The van der Waals surface area contributed by atoms with E-state index in [4.69, 9.17) is 9.47 Å². The molecule has 2 N–H and O–H groups in total. The molecule has 8 heteroatoms. The molecule has 0 radical (unpaired) electrons. The SMILES string of the molecule is COCCn1nnnc1[C@@H](c1ccccc1)[NH+]1CC[NH+](Cc2ccccc2OC)CC1. The van der Waals surface area contributed by atoms with Crippen LogP contribution in [-0.4, -0.2) is 67.2 Å². The second kappa shape index (κ2) is 10.5. The Kier molecular flexibility index (Phi) is 7.24. The highest BCUT2D eigenvalue weighted by Crippen LogP contribution is 2.17. The zero-order chi connectivity index (χ0) is 21.5. The van der Waals surface area contributed by atoms with Gasteiger partial charge >= 0.3 is 0 Å². The number of ether oxygens (including phenoxy) is 2. The Morgan fingerprint density at radius 2 is 1.71 bits per heavy atom. The lowest BCUT2D eigenvalue weighted by atomic mass is 10.0. The molecule has 4 rings (SSSR count). The van der Waals surface area contributed by atoms with Crippen molar-refractivity contribution in [2.75, 3.05) is 47.0 Å². The first-order valence-electron chi connectivity index (χ1n) is 10.9. The molecule has 164 valence electrons. The third-order valence-electron chi connectivity index (χ3n) is 6.10. The third kappa shape index (κ3) is 5.10. The van der Waals surface area contributed by atoms with E-state index in [9.17, 15) is 0 Å². The minimum atomic E-state index is 0.112. The summed E-state index contributed by atoms with van der Waals surface area (Å²) in [6.45, 7) is 6.53. The van der Waals surface area contributed by atoms with E-state index in [-0.39, 0.29) is 6.04 Å². The van der Waals surface area contributed by atoms with E-state index in [1.807, 2.05) is 16.8 Å². The van der Waals surface area contributed by atoms with Gasteiger partial charge in [0.05, 0.1) is 20.3 Å². The van der Waals surface area contributed by atoms with Crippen molar-refractivity contribution in [3.05, 3.63) is 71.5 Å². The van der Waals surface area contributed by atoms with E-state index in [2.05, 4.69) is 58.0 Å². The molecule has 0 saturated carbocycles. The molecule has 3 aromatic rings. The molecule has 0 bridgehead atoms. The van der Waals surface area contributed by atoms with Gasteiger partial charge in [0.2, 0.25) is 5.82 Å². The number of benzene rings is 2. The normalized spacial score (nSPS) is 19.8. The molecule has 1 atom stereocenters. The fourth-order valence-electron chi connectivity index (χ4n) is 4.48. The van der Waals surface area contributed by atoms with Gasteiger partial charge in [0.25, 0.3) is 0 Å². The van der Waals surface area contributed by atoms with Crippen LogP contribution in [0.25, 0.3) is 0 Å². The molecule has 2 aromatic carbocycles. The van der Waals surface area contributed by atoms with Crippen LogP contribution in [-0.2, 0) is 17.8 Å². The standard InChI is InChI=1S/C23H30N6O2/c1-30-17-16-29-23(24-25-26-29)22(19-8-4-3-5-9-19)28-14-12-27(13-15-28)18-20-10-6-7-11-21(20)31-2/h3-11,22H,12-18H2,1-2H3/p+2/t22-/m1/s1. The summed E-state index contributed by atoms with van der Waals surface area (Å²) in [7, 11) is 3.45. The number of para-hydroxylation sites is 1. The topological polar surface area (TPSA) is 70.9 Å². The van der Waals surface area contributed by atoms with E-state index in [1.54, 1.807) is 19.1 Å². The quantitative estimate of drug-likeness (QED) is 0.480. The molecule has 0 spiro atoms. The van der Waals surface area contributed by atoms with Crippen LogP contribution in [0, 0.1) is 0 Å². The van der Waals surface area contributed by atoms with Crippen LogP contribution >= 0.6 is 0 Å². The lowest BCUT2D eigenvalue weighted by Crippen LogP contribution is -3.27. The summed E-state index contributed by atoms with van der Waals surface area (Å²) in [5, 5.41) is 12.6. The van der Waals surface area contributed by atoms with E-state index in [0.717, 1.165) is 44.3 Å². The minimum absolute atomic E-state index is 0.112. The molecule has 31 heavy (non-hydrogen) atoms. The maximum absolute atomic E-state index is 5.54. The number of nitrogens with zero attached hydrogens (tertiary/aromatic N) is 4. The van der Waals surface area contributed by atoms with Crippen molar-refractivity contribution in [2.24, 2.45) is 0 Å². The number of nitrogens with one attached hydrogen (secondary N) is 2. The Balaban J connectivity index is 1.50. The van der Waals surface area contributed by atoms with Crippen molar-refractivity contribution >= 4 is 0 Å². The molecule has 1 aliphatic heterocycles. The molecule has 1 saturated heterocycles. The average molecular weight is 425 g/mol. The van der Waals surface area contributed by atoms with Crippen LogP contribution in [0.3, 0.4) is 0 Å². The van der Waals surface area contributed by atoms with Crippen LogP contribution in [0.4, 0.5) is 0 Å². The predicted molar refractivity (Wildman–Crippen MR) is 116 cm³/mol. The Labute approximate surface area is 183 Å². The van der Waals surface area contributed by atoms with Gasteiger partial charge in [-0.3, -0.25) is 0 Å². The highest BCUT2D eigenvalue weighted by molar-refractivity contribution is 5.32. The van der Waals surface area contributed by atoms with Crippen LogP contribution in [0.15, 0.2) is 54.6 Å². The summed E-state index contributed by atoms with van der Waals surface area (Å²) in [6.07, 6.45) is 0. The van der Waals surface area contributed by atoms with Crippen molar-refractivity contribution in [1.82, 2.24) is 20.2 Å². The zero-order valence-electron chi connectivity index (χ0n) is 18.3. The molecular weight excluding hydrogens is 392 g/mol. The van der Waals surface area contributed by atoms with E-state index in [1.165, 1.54) is 16.0 Å². The summed E-state index contributed by atoms with van der Waals surface area (Å²) in [5.41, 5.74) is 2.52. The summed E-state index contributed by atoms with van der Waals surface area (Å²) in [4.78, 5) is 3.09. The fourth-order valence-corrected chi connectivity index (χ4v) is 4.48. The Bertz CT molecular complexity index is 940. The van der Waals surface area contributed by atoms with Gasteiger partial charge in [-0.05, 0) is 22.6 Å². The summed E-state index contributed by atoms with van der Waals surface area (Å²) < 4.78 is 12.7. The van der Waals surface area contributed by atoms with E-state index >= 15 is 0 Å². The number of quaternary nitrogens is 2. The Morgan fingerprint density at radius 3 is 2.45 bits per heavy atom. The van der Waals surface area contributed by atoms with Gasteiger partial charge in [0.15, 0.2) is 6.04 Å². The van der Waals surface area contributed by atoms with Crippen LogP contribution in [0.1, 0.15) is 23.0 Å². The average Bonchev–Trinajstić information content (AvgIpc) is 3.28. The number of hydrogen-bond donors (Lipinski definition) is 2. The van der Waals surface area contributed by atoms with Crippen LogP contribution in [0.5, 0.6) is 5.75 Å². The molecular formula is C23H32N6O2+2. The minimum Gasteiger partial charge on any atom is -0.496 e. The van der Waals surface area contributed by atoms with Crippen molar-refractivity contribution in [1.29, 1.82) is 0 Å². The molecule has 1 aliphatic rings. The highest BCUT2D eigenvalue weighted by Gasteiger charge is 2.35. The Hall–Kier alpha value is -2.81. The second-order valence-corrected chi connectivity index (χ2v) is 7.99. The second-order valence-electron chi connectivity index (χ2n) is 7.99. The number of methoxy groups -OCH3 is 2. The maximum atomic E-state index is 5.54. The molecule has 1 aromatic heterocycles. The summed E-state index contributed by atoms with van der Waals surface area (Å²) in [6, 6.07) is 19.0. The highest BCUT2D eigenvalue weighted by atomic mass is 16.5. The van der Waals surface area contributed by atoms with Gasteiger partial charge < -0.3 is 19.3 Å². The summed E-state index contributed by atoms with van der Waals surface area (Å²) >= 11 is 0. The molecule has 8 nitrogen and oxygen atoms in total. The van der Waals surface area contributed by atoms with Gasteiger partial charge in [-0.15, -0.1) is 5.10 Å². The van der Waals surface area contributed by atoms with Gasteiger partial charge in [-0.2, -0.15) is 0 Å². The lowest BCUT2D eigenvalue weighted by Gasteiger charge is -2.34. The fraction of sp³-hybridized carbons (Fsp3) is 0.435. The van der Waals surface area contributed by atoms with Crippen molar-refractivity contribution < 1.29 is 19.3 Å². The molecule has 2 heterocycles. The van der Waals surface area contributed by atoms with Gasteiger partial charge in [0.1, 0.15) is 38.5 Å². The third-order valence-corrected chi connectivity index (χ3v) is 6.10. The van der Waals surface area contributed by atoms with Crippen LogP contribution < -0.4 is 14.5 Å². The van der Waals surface area contributed by atoms with Crippen molar-refractivity contribution in [3.8, 4) is 5.75 Å². The summed E-state index contributed by atoms with van der Waals surface area (Å²) in [5.74, 6) is 1.88. The smallest absolute Gasteiger partial charge is 0.214 e. The molecule has 0 amide bonds. The van der Waals surface area contributed by atoms with Crippen molar-refractivity contribution in [3.63, 3.8) is 0 Å². The van der Waals surface area contributed by atoms with Crippen LogP contribution in [0.2, 0.25) is 0 Å². The lowest BCUT2D eigenvalue weighted by molar-refractivity contribution is -1.03. The molecule has 1 fully saturated rings. The number of aromatic nitrogens is 4. The number of tetrazole rings is 1. The number of rotatable bonds is 9. The molecule has 0 unspecified atom stereocenters. The zero-order valence-corrected chi connectivity index (χ0v) is 18.3. The van der Waals surface area contributed by atoms with Gasteiger partial charge in [0, 0.05) is 18.2 Å². The monoisotopic (exact) mass is 424 g/mol. The molecule has 0 aliphatic carbocycles. The predicted octanol–water partition coefficient (Wildman–Crippen LogP) is -0.599. The van der Waals surface area contributed by atoms with Gasteiger partial charge in [-0.1, -0.05) is 42.5 Å². The Morgan fingerprint density at radius 1 is 0.968 bits per heavy atom. The first-order chi connectivity index (χ1) is 15.3. The van der Waals surface area contributed by atoms with E-state index in [0.29, 0.717) is 13.2 Å². The van der Waals surface area contributed by atoms with Gasteiger partial charge in [-0.25, -0.2) is 4.68 Å².